The second-order valence-corrected chi connectivity index (χ2v) is 2.48. The first-order chi connectivity index (χ1) is 4.29. The van der Waals surface area contributed by atoms with Gasteiger partial charge in [-0.3, -0.25) is 4.79 Å². The van der Waals surface area contributed by atoms with Crippen LogP contribution in [0.5, 0.6) is 0 Å². The van der Waals surface area contributed by atoms with Gasteiger partial charge in [-0.1, -0.05) is 0 Å². The van der Waals surface area contributed by atoms with Crippen LogP contribution in [0.2, 0.25) is 0 Å². The molecule has 0 radical (unpaired) electrons. The fourth-order valence-electron chi connectivity index (χ4n) is 0.568. The predicted molar refractivity (Wildman–Crippen MR) is 42.8 cm³/mol. The summed E-state index contributed by atoms with van der Waals surface area (Å²) in [6.07, 6.45) is 0.142. The van der Waals surface area contributed by atoms with E-state index < -0.39 is 5.97 Å². The molecule has 0 saturated carbocycles. The van der Waals surface area contributed by atoms with E-state index in [2.05, 4.69) is 0 Å². The Morgan fingerprint density at radius 3 is 2.80 bits per heavy atom. The van der Waals surface area contributed by atoms with E-state index in [1.54, 1.807) is 0 Å². The number of aliphatic carboxylic acids is 1. The van der Waals surface area contributed by atoms with Crippen molar-refractivity contribution in [1.29, 1.82) is 0 Å². The van der Waals surface area contributed by atoms with Gasteiger partial charge in [0.25, 0.3) is 0 Å². The topological polar surface area (TPSA) is 37.3 Å². The van der Waals surface area contributed by atoms with Gasteiger partial charge in [-0.25, -0.2) is 0 Å². The Morgan fingerprint density at radius 2 is 2.40 bits per heavy atom. The molecule has 0 aliphatic rings. The molecule has 1 N–H and O–H groups in total. The Kier molecular flexibility index (Phi) is 4.99. The van der Waals surface area contributed by atoms with Crippen LogP contribution < -0.4 is 0 Å². The van der Waals surface area contributed by atoms with Gasteiger partial charge in [0.2, 0.25) is 0 Å². The van der Waals surface area contributed by atoms with Crippen molar-refractivity contribution in [2.24, 2.45) is 0 Å². The Bertz CT molecular complexity index is 196. The second kappa shape index (κ2) is 4.91. The molecule has 0 amide bonds. The molecule has 0 aliphatic carbocycles. The maximum atomic E-state index is 10.1. The number of hydrogen-bond acceptors (Lipinski definition) is 2. The third kappa shape index (κ3) is 3.37. The number of rotatable bonds is 2. The molecule has 0 aromatic carbocycles. The van der Waals surface area contributed by atoms with Crippen LogP contribution in [0.25, 0.3) is 0 Å². The first kappa shape index (κ1) is 10.2. The molecule has 0 bridgehead atoms. The molecule has 0 aliphatic heterocycles. The molecular formula is C6H7NaO2S. The Morgan fingerprint density at radius 1 is 1.70 bits per heavy atom. The van der Waals surface area contributed by atoms with E-state index in [0.29, 0.717) is 0 Å². The van der Waals surface area contributed by atoms with Crippen LogP contribution >= 0.6 is 11.3 Å². The average molecular weight is 166 g/mol. The van der Waals surface area contributed by atoms with E-state index in [9.17, 15) is 4.79 Å². The zero-order valence-electron chi connectivity index (χ0n) is 4.70. The molecule has 0 unspecified atom stereocenters. The normalized spacial score (nSPS) is 8.40. The zero-order valence-corrected chi connectivity index (χ0v) is 5.52. The van der Waals surface area contributed by atoms with Crippen LogP contribution in [0.1, 0.15) is 5.56 Å². The van der Waals surface area contributed by atoms with Gasteiger partial charge >= 0.3 is 35.5 Å². The summed E-state index contributed by atoms with van der Waals surface area (Å²) in [5, 5.41) is 12.0. The molecule has 1 aromatic rings. The fraction of sp³-hybridized carbons (Fsp3) is 0.167. The van der Waals surface area contributed by atoms with Crippen LogP contribution in [-0.4, -0.2) is 40.6 Å². The molecule has 50 valence electrons. The fourth-order valence-corrected chi connectivity index (χ4v) is 1.24. The number of carboxylic acid groups (broad SMARTS) is 1. The van der Waals surface area contributed by atoms with Crippen molar-refractivity contribution in [3.05, 3.63) is 22.4 Å². The molecule has 0 atom stereocenters. The van der Waals surface area contributed by atoms with Crippen LogP contribution in [0.15, 0.2) is 16.8 Å². The van der Waals surface area contributed by atoms with Gasteiger partial charge in [0, 0.05) is 0 Å². The number of carboxylic acids is 1. The molecule has 0 fully saturated rings. The van der Waals surface area contributed by atoms with E-state index in [1.807, 2.05) is 16.8 Å². The average Bonchev–Trinajstić information content (AvgIpc) is 2.15. The summed E-state index contributed by atoms with van der Waals surface area (Å²) in [5.74, 6) is -0.770. The van der Waals surface area contributed by atoms with E-state index in [4.69, 9.17) is 5.11 Å². The number of hydrogen-bond donors (Lipinski definition) is 1. The Balaban J connectivity index is 0.000000810. The molecule has 1 aromatic heterocycles. The summed E-state index contributed by atoms with van der Waals surface area (Å²) in [6, 6.07) is 1.82. The predicted octanol–water partition coefficient (Wildman–Crippen LogP) is 0.727. The molecule has 1 rings (SSSR count). The molecule has 0 spiro atoms. The number of carbonyl (C=O) groups is 1. The van der Waals surface area contributed by atoms with E-state index in [1.165, 1.54) is 11.3 Å². The molecule has 10 heavy (non-hydrogen) atoms. The first-order valence-electron chi connectivity index (χ1n) is 2.52. The first-order valence-corrected chi connectivity index (χ1v) is 3.46. The Labute approximate surface area is 85.2 Å². The summed E-state index contributed by atoms with van der Waals surface area (Å²) in [4.78, 5) is 10.1. The van der Waals surface area contributed by atoms with Gasteiger partial charge in [-0.2, -0.15) is 11.3 Å². The quantitative estimate of drug-likeness (QED) is 0.657. The summed E-state index contributed by atoms with van der Waals surface area (Å²) in [5.41, 5.74) is 0.882. The second-order valence-electron chi connectivity index (χ2n) is 1.70. The minimum atomic E-state index is -0.770. The molecule has 1 heterocycles. The third-order valence-electron chi connectivity index (χ3n) is 0.935. The van der Waals surface area contributed by atoms with Crippen molar-refractivity contribution < 1.29 is 9.90 Å². The van der Waals surface area contributed by atoms with Gasteiger partial charge in [0.1, 0.15) is 0 Å². The van der Waals surface area contributed by atoms with E-state index in [-0.39, 0.29) is 36.0 Å². The van der Waals surface area contributed by atoms with Crippen molar-refractivity contribution in [2.75, 3.05) is 0 Å². The molecular weight excluding hydrogens is 159 g/mol. The van der Waals surface area contributed by atoms with Crippen LogP contribution in [0.3, 0.4) is 0 Å². The monoisotopic (exact) mass is 166 g/mol. The molecule has 2 nitrogen and oxygen atoms in total. The van der Waals surface area contributed by atoms with Crippen LogP contribution in [0, 0.1) is 0 Å². The van der Waals surface area contributed by atoms with Crippen molar-refractivity contribution in [2.45, 2.75) is 6.42 Å². The minimum absolute atomic E-state index is 0. The third-order valence-corrected chi connectivity index (χ3v) is 1.67. The van der Waals surface area contributed by atoms with Gasteiger partial charge in [-0.05, 0) is 22.4 Å². The van der Waals surface area contributed by atoms with Gasteiger partial charge in [0.05, 0.1) is 6.42 Å². The zero-order chi connectivity index (χ0) is 6.69. The van der Waals surface area contributed by atoms with Crippen LogP contribution in [-0.2, 0) is 11.2 Å². The summed E-state index contributed by atoms with van der Waals surface area (Å²) >= 11 is 1.52. The van der Waals surface area contributed by atoms with E-state index >= 15 is 0 Å². The standard InChI is InChI=1S/C6H6O2S.Na.H/c7-6(8)3-5-1-2-9-4-5;;/h1-2,4H,3H2,(H,7,8);;. The Hall–Kier alpha value is 0.170. The summed E-state index contributed by atoms with van der Waals surface area (Å²) < 4.78 is 0. The molecule has 4 heteroatoms. The SMILES string of the molecule is O=C(O)Cc1ccsc1.[NaH]. The van der Waals surface area contributed by atoms with Crippen molar-refractivity contribution in [3.8, 4) is 0 Å². The number of thiophene rings is 1. The maximum absolute atomic E-state index is 10.1. The summed E-state index contributed by atoms with van der Waals surface area (Å²) in [6.45, 7) is 0. The van der Waals surface area contributed by atoms with Gasteiger partial charge in [-0.15, -0.1) is 0 Å². The van der Waals surface area contributed by atoms with Gasteiger partial charge < -0.3 is 5.11 Å². The van der Waals surface area contributed by atoms with Crippen LogP contribution in [0.4, 0.5) is 0 Å². The molecule has 0 saturated heterocycles. The van der Waals surface area contributed by atoms with Crippen molar-refractivity contribution in [3.63, 3.8) is 0 Å². The van der Waals surface area contributed by atoms with Gasteiger partial charge in [0.15, 0.2) is 0 Å². The summed E-state index contributed by atoms with van der Waals surface area (Å²) in [7, 11) is 0. The van der Waals surface area contributed by atoms with Crippen molar-refractivity contribution >= 4 is 46.9 Å². The van der Waals surface area contributed by atoms with Crippen molar-refractivity contribution in [1.82, 2.24) is 0 Å². The van der Waals surface area contributed by atoms with E-state index in [0.717, 1.165) is 5.56 Å².